The number of aliphatic hydroxyl groups excluding tert-OH is 1. The first kappa shape index (κ1) is 24.0. The standard InChI is InChI=1S/C20H33N3O3.HI/c1-4-21-20(22-11-16(3)13-24)23-12-17-8-7-15(2)10-19(17)26-14-18-6-5-9-25-18;/h7-8,10,16,18,24H,4-6,9,11-14H2,1-3H3,(H2,21,22,23);1H. The summed E-state index contributed by atoms with van der Waals surface area (Å²) in [5.74, 6) is 1.81. The maximum atomic E-state index is 9.17. The lowest BCUT2D eigenvalue weighted by Crippen LogP contribution is -2.39. The minimum absolute atomic E-state index is 0. The number of nitrogens with one attached hydrogen (secondary N) is 2. The Hall–Kier alpha value is -1.06. The van der Waals surface area contributed by atoms with E-state index in [1.54, 1.807) is 0 Å². The highest BCUT2D eigenvalue weighted by molar-refractivity contribution is 14.0. The van der Waals surface area contributed by atoms with E-state index in [0.717, 1.165) is 43.3 Å². The van der Waals surface area contributed by atoms with E-state index in [0.29, 0.717) is 19.7 Å². The third-order valence-electron chi connectivity index (χ3n) is 4.35. The Bertz CT molecular complexity index is 578. The summed E-state index contributed by atoms with van der Waals surface area (Å²) >= 11 is 0. The van der Waals surface area contributed by atoms with Crippen LogP contribution < -0.4 is 15.4 Å². The molecule has 2 atom stereocenters. The number of hydrogen-bond acceptors (Lipinski definition) is 4. The van der Waals surface area contributed by atoms with Gasteiger partial charge in [0.2, 0.25) is 0 Å². The zero-order valence-corrected chi connectivity index (χ0v) is 19.0. The van der Waals surface area contributed by atoms with Crippen LogP contribution in [0.3, 0.4) is 0 Å². The highest BCUT2D eigenvalue weighted by atomic mass is 127. The molecule has 1 saturated heterocycles. The number of hydrogen-bond donors (Lipinski definition) is 3. The van der Waals surface area contributed by atoms with Gasteiger partial charge in [0.25, 0.3) is 0 Å². The van der Waals surface area contributed by atoms with E-state index < -0.39 is 0 Å². The lowest BCUT2D eigenvalue weighted by molar-refractivity contribution is 0.0676. The topological polar surface area (TPSA) is 75.1 Å². The fourth-order valence-electron chi connectivity index (χ4n) is 2.73. The predicted octanol–water partition coefficient (Wildman–Crippen LogP) is 2.85. The largest absolute Gasteiger partial charge is 0.491 e. The van der Waals surface area contributed by atoms with Gasteiger partial charge in [0, 0.05) is 31.9 Å². The first-order valence-electron chi connectivity index (χ1n) is 9.59. The average molecular weight is 491 g/mol. The molecule has 1 aliphatic heterocycles. The van der Waals surface area contributed by atoms with E-state index in [-0.39, 0.29) is 42.6 Å². The Morgan fingerprint density at radius 3 is 2.89 bits per heavy atom. The van der Waals surface area contributed by atoms with E-state index >= 15 is 0 Å². The summed E-state index contributed by atoms with van der Waals surface area (Å²) in [5.41, 5.74) is 2.22. The van der Waals surface area contributed by atoms with Gasteiger partial charge >= 0.3 is 0 Å². The molecule has 1 heterocycles. The fourth-order valence-corrected chi connectivity index (χ4v) is 2.73. The monoisotopic (exact) mass is 491 g/mol. The molecular weight excluding hydrogens is 457 g/mol. The zero-order valence-electron chi connectivity index (χ0n) is 16.7. The SMILES string of the molecule is CCNC(=NCc1ccc(C)cc1OCC1CCCO1)NCC(C)CO.I. The van der Waals surface area contributed by atoms with Crippen molar-refractivity contribution in [3.63, 3.8) is 0 Å². The van der Waals surface area contributed by atoms with Gasteiger partial charge in [-0.2, -0.15) is 0 Å². The number of benzene rings is 1. The Kier molecular flexibility index (Phi) is 11.7. The van der Waals surface area contributed by atoms with Crippen molar-refractivity contribution in [2.45, 2.75) is 46.3 Å². The van der Waals surface area contributed by atoms with Crippen LogP contribution in [0.5, 0.6) is 5.75 Å². The second-order valence-electron chi connectivity index (χ2n) is 6.92. The maximum Gasteiger partial charge on any atom is 0.191 e. The summed E-state index contributed by atoms with van der Waals surface area (Å²) in [4.78, 5) is 4.66. The first-order valence-corrected chi connectivity index (χ1v) is 9.59. The third kappa shape index (κ3) is 8.66. The number of halogens is 1. The van der Waals surface area contributed by atoms with Crippen LogP contribution in [0.1, 0.15) is 37.8 Å². The summed E-state index contributed by atoms with van der Waals surface area (Å²) < 4.78 is 11.7. The van der Waals surface area contributed by atoms with Crippen molar-refractivity contribution in [2.75, 3.05) is 32.9 Å². The van der Waals surface area contributed by atoms with Gasteiger partial charge in [0.1, 0.15) is 12.4 Å². The van der Waals surface area contributed by atoms with E-state index in [4.69, 9.17) is 14.6 Å². The van der Waals surface area contributed by atoms with Crippen molar-refractivity contribution < 1.29 is 14.6 Å². The van der Waals surface area contributed by atoms with Crippen LogP contribution in [-0.2, 0) is 11.3 Å². The number of aliphatic hydroxyl groups is 1. The normalized spacial score (nSPS) is 17.9. The molecule has 27 heavy (non-hydrogen) atoms. The molecule has 6 nitrogen and oxygen atoms in total. The number of nitrogens with zero attached hydrogens (tertiary/aromatic N) is 1. The molecule has 154 valence electrons. The van der Waals surface area contributed by atoms with Crippen molar-refractivity contribution >= 4 is 29.9 Å². The van der Waals surface area contributed by atoms with Crippen LogP contribution in [0.2, 0.25) is 0 Å². The third-order valence-corrected chi connectivity index (χ3v) is 4.35. The summed E-state index contributed by atoms with van der Waals surface area (Å²) in [5, 5.41) is 15.7. The molecule has 2 unspecified atom stereocenters. The minimum Gasteiger partial charge on any atom is -0.491 e. The van der Waals surface area contributed by atoms with E-state index in [2.05, 4.69) is 40.7 Å². The van der Waals surface area contributed by atoms with Gasteiger partial charge in [0.15, 0.2) is 5.96 Å². The van der Waals surface area contributed by atoms with Gasteiger partial charge in [-0.3, -0.25) is 0 Å². The molecule has 0 aliphatic carbocycles. The summed E-state index contributed by atoms with van der Waals surface area (Å²) in [7, 11) is 0. The van der Waals surface area contributed by atoms with Crippen LogP contribution in [0.15, 0.2) is 23.2 Å². The van der Waals surface area contributed by atoms with Gasteiger partial charge in [-0.1, -0.05) is 19.1 Å². The zero-order chi connectivity index (χ0) is 18.8. The number of aryl methyl sites for hydroxylation is 1. The Balaban J connectivity index is 0.00000364. The van der Waals surface area contributed by atoms with Gasteiger partial charge in [-0.05, 0) is 44.2 Å². The molecule has 0 spiro atoms. The van der Waals surface area contributed by atoms with Gasteiger partial charge < -0.3 is 25.2 Å². The van der Waals surface area contributed by atoms with Crippen molar-refractivity contribution in [3.8, 4) is 5.75 Å². The van der Waals surface area contributed by atoms with Crippen LogP contribution >= 0.6 is 24.0 Å². The number of aliphatic imine (C=N–C) groups is 1. The fraction of sp³-hybridized carbons (Fsp3) is 0.650. The minimum atomic E-state index is 0. The molecule has 7 heteroatoms. The van der Waals surface area contributed by atoms with E-state index in [1.165, 1.54) is 5.56 Å². The van der Waals surface area contributed by atoms with Crippen molar-refractivity contribution in [1.29, 1.82) is 0 Å². The molecule has 0 saturated carbocycles. The molecule has 0 radical (unpaired) electrons. The van der Waals surface area contributed by atoms with Crippen molar-refractivity contribution in [1.82, 2.24) is 10.6 Å². The van der Waals surface area contributed by atoms with Crippen LogP contribution in [0.25, 0.3) is 0 Å². The number of rotatable bonds is 9. The summed E-state index contributed by atoms with van der Waals surface area (Å²) in [6.45, 7) is 9.68. The molecule has 2 rings (SSSR count). The highest BCUT2D eigenvalue weighted by Crippen LogP contribution is 2.23. The molecule has 1 aliphatic rings. The molecule has 0 bridgehead atoms. The smallest absolute Gasteiger partial charge is 0.191 e. The Morgan fingerprint density at radius 1 is 1.41 bits per heavy atom. The molecule has 1 fully saturated rings. The van der Waals surface area contributed by atoms with Crippen LogP contribution in [0, 0.1) is 12.8 Å². The lowest BCUT2D eigenvalue weighted by Gasteiger charge is -2.16. The van der Waals surface area contributed by atoms with E-state index in [1.807, 2.05) is 13.8 Å². The van der Waals surface area contributed by atoms with Gasteiger partial charge in [-0.25, -0.2) is 4.99 Å². The Labute approximate surface area is 180 Å². The second kappa shape index (κ2) is 13.2. The van der Waals surface area contributed by atoms with Crippen LogP contribution in [0.4, 0.5) is 0 Å². The summed E-state index contributed by atoms with van der Waals surface area (Å²) in [6.07, 6.45) is 2.38. The molecule has 3 N–H and O–H groups in total. The van der Waals surface area contributed by atoms with Gasteiger partial charge in [-0.15, -0.1) is 24.0 Å². The number of ether oxygens (including phenoxy) is 2. The molecule has 0 amide bonds. The highest BCUT2D eigenvalue weighted by Gasteiger charge is 2.17. The maximum absolute atomic E-state index is 9.17. The van der Waals surface area contributed by atoms with Gasteiger partial charge in [0.05, 0.1) is 12.6 Å². The second-order valence-corrected chi connectivity index (χ2v) is 6.92. The predicted molar refractivity (Wildman–Crippen MR) is 120 cm³/mol. The first-order chi connectivity index (χ1) is 12.6. The summed E-state index contributed by atoms with van der Waals surface area (Å²) in [6, 6.07) is 6.22. The van der Waals surface area contributed by atoms with Crippen molar-refractivity contribution in [3.05, 3.63) is 29.3 Å². The van der Waals surface area contributed by atoms with Crippen molar-refractivity contribution in [2.24, 2.45) is 10.9 Å². The molecule has 0 aromatic heterocycles. The van der Waals surface area contributed by atoms with E-state index in [9.17, 15) is 0 Å². The molecule has 1 aromatic rings. The van der Waals surface area contributed by atoms with Crippen LogP contribution in [-0.4, -0.2) is 50.1 Å². The number of guanidine groups is 1. The average Bonchev–Trinajstić information content (AvgIpc) is 3.16. The quantitative estimate of drug-likeness (QED) is 0.282. The lowest BCUT2D eigenvalue weighted by atomic mass is 10.1. The molecular formula is C20H34IN3O3. The Morgan fingerprint density at radius 2 is 2.22 bits per heavy atom. The molecule has 1 aromatic carbocycles.